The second-order valence-electron chi connectivity index (χ2n) is 4.87. The zero-order chi connectivity index (χ0) is 14.2. The summed E-state index contributed by atoms with van der Waals surface area (Å²) in [5, 5.41) is 0. The van der Waals surface area contributed by atoms with Gasteiger partial charge in [-0.3, -0.25) is 4.79 Å². The van der Waals surface area contributed by atoms with E-state index in [0.717, 1.165) is 14.4 Å². The van der Waals surface area contributed by atoms with Crippen molar-refractivity contribution in [1.82, 2.24) is 0 Å². The summed E-state index contributed by atoms with van der Waals surface area (Å²) in [7, 11) is 0. The van der Waals surface area contributed by atoms with E-state index in [1.807, 2.05) is 0 Å². The van der Waals surface area contributed by atoms with Crippen molar-refractivity contribution < 1.29 is 14.3 Å². The maximum Gasteiger partial charge on any atom is 0.231 e. The zero-order valence-electron chi connectivity index (χ0n) is 10.8. The molecular formula is C14H13IO3S2. The summed E-state index contributed by atoms with van der Waals surface area (Å²) in [6.45, 7) is 2.47. The lowest BCUT2D eigenvalue weighted by atomic mass is 10.1. The number of alkyl halides is 1. The average molecular weight is 420 g/mol. The normalized spacial score (nSPS) is 26.2. The van der Waals surface area contributed by atoms with E-state index >= 15 is 0 Å². The number of allylic oxidation sites excluding steroid dienone is 1. The Morgan fingerprint density at radius 2 is 2.25 bits per heavy atom. The van der Waals surface area contributed by atoms with Crippen LogP contribution in [0.5, 0.6) is 11.5 Å². The largest absolute Gasteiger partial charge is 0.454 e. The highest BCUT2D eigenvalue weighted by Crippen LogP contribution is 2.49. The highest BCUT2D eigenvalue weighted by Gasteiger charge is 2.32. The number of rotatable bonds is 3. The van der Waals surface area contributed by atoms with Gasteiger partial charge in [0.1, 0.15) is 0 Å². The molecule has 106 valence electrons. The van der Waals surface area contributed by atoms with Gasteiger partial charge in [0.25, 0.3) is 0 Å². The summed E-state index contributed by atoms with van der Waals surface area (Å²) in [5.41, 5.74) is 0.644. The van der Waals surface area contributed by atoms with Crippen LogP contribution in [0.1, 0.15) is 17.3 Å². The highest BCUT2D eigenvalue weighted by molar-refractivity contribution is 14.1. The van der Waals surface area contributed by atoms with Crippen LogP contribution in [-0.4, -0.2) is 27.5 Å². The zero-order valence-corrected chi connectivity index (χ0v) is 14.6. The van der Waals surface area contributed by atoms with Crippen molar-refractivity contribution in [3.63, 3.8) is 0 Å². The molecule has 0 aliphatic carbocycles. The van der Waals surface area contributed by atoms with E-state index < -0.39 is 0 Å². The van der Waals surface area contributed by atoms with Gasteiger partial charge in [-0.05, 0) is 25.1 Å². The fraction of sp³-hybridized carbons (Fsp3) is 0.357. The fourth-order valence-electron chi connectivity index (χ4n) is 1.90. The molecule has 1 saturated heterocycles. The summed E-state index contributed by atoms with van der Waals surface area (Å²) in [5.74, 6) is 2.44. The van der Waals surface area contributed by atoms with Crippen LogP contribution in [0.4, 0.5) is 0 Å². The smallest absolute Gasteiger partial charge is 0.231 e. The standard InChI is InChI=1S/C14H13IO3S2/c1-14(6-15)7-19-13(20-14)5-10(16)9-2-3-11-12(4-9)18-8-17-11/h2-5H,6-8H2,1H3/b13-5-/t14-/m1/s1. The Hall–Kier alpha value is -0.340. The third-order valence-electron chi connectivity index (χ3n) is 3.06. The number of ether oxygens (including phenoxy) is 2. The molecule has 0 spiro atoms. The minimum Gasteiger partial charge on any atom is -0.454 e. The number of thioether (sulfide) groups is 2. The molecule has 0 bridgehead atoms. The van der Waals surface area contributed by atoms with Crippen molar-refractivity contribution >= 4 is 51.9 Å². The van der Waals surface area contributed by atoms with Gasteiger partial charge in [0.2, 0.25) is 6.79 Å². The minimum absolute atomic E-state index is 0.0241. The fourth-order valence-corrected chi connectivity index (χ4v) is 5.88. The Kier molecular flexibility index (Phi) is 4.24. The molecular weight excluding hydrogens is 407 g/mol. The van der Waals surface area contributed by atoms with Gasteiger partial charge >= 0.3 is 0 Å². The topological polar surface area (TPSA) is 35.5 Å². The van der Waals surface area contributed by atoms with Gasteiger partial charge in [-0.25, -0.2) is 0 Å². The molecule has 2 aliphatic rings. The highest BCUT2D eigenvalue weighted by atomic mass is 127. The Morgan fingerprint density at radius 3 is 3.00 bits per heavy atom. The van der Waals surface area contributed by atoms with Gasteiger partial charge in [-0.1, -0.05) is 22.6 Å². The molecule has 0 radical (unpaired) electrons. The molecule has 0 N–H and O–H groups in total. The van der Waals surface area contributed by atoms with Crippen LogP contribution in [0.3, 0.4) is 0 Å². The molecule has 1 aromatic carbocycles. The van der Waals surface area contributed by atoms with Crippen LogP contribution >= 0.6 is 46.1 Å². The first kappa shape index (κ1) is 14.6. The summed E-state index contributed by atoms with van der Waals surface area (Å²) in [4.78, 5) is 12.3. The van der Waals surface area contributed by atoms with Crippen molar-refractivity contribution in [2.24, 2.45) is 0 Å². The van der Waals surface area contributed by atoms with Crippen molar-refractivity contribution in [1.29, 1.82) is 0 Å². The Balaban J connectivity index is 1.77. The van der Waals surface area contributed by atoms with E-state index in [-0.39, 0.29) is 17.3 Å². The van der Waals surface area contributed by atoms with E-state index in [1.165, 1.54) is 0 Å². The number of benzene rings is 1. The van der Waals surface area contributed by atoms with Crippen LogP contribution in [0.15, 0.2) is 28.5 Å². The predicted molar refractivity (Wildman–Crippen MR) is 92.3 cm³/mol. The van der Waals surface area contributed by atoms with Crippen LogP contribution in [0, 0.1) is 0 Å². The molecule has 0 saturated carbocycles. The monoisotopic (exact) mass is 420 g/mol. The number of halogens is 1. The van der Waals surface area contributed by atoms with E-state index in [2.05, 4.69) is 29.5 Å². The molecule has 6 heteroatoms. The Morgan fingerprint density at radius 1 is 1.45 bits per heavy atom. The molecule has 2 heterocycles. The van der Waals surface area contributed by atoms with E-state index in [0.29, 0.717) is 17.1 Å². The van der Waals surface area contributed by atoms with Gasteiger partial charge < -0.3 is 9.47 Å². The maximum atomic E-state index is 12.3. The number of carbonyl (C=O) groups excluding carboxylic acids is 1. The number of ketones is 1. The predicted octanol–water partition coefficient (Wildman–Crippen LogP) is 4.11. The number of fused-ring (bicyclic) bond motifs is 1. The molecule has 3 nitrogen and oxygen atoms in total. The van der Waals surface area contributed by atoms with Crippen LogP contribution in [0.25, 0.3) is 0 Å². The SMILES string of the molecule is C[C@@]1(CI)CS/C(=C/C(=O)c2ccc3c(c2)OCO3)S1. The summed E-state index contributed by atoms with van der Waals surface area (Å²) in [6, 6.07) is 5.33. The Bertz CT molecular complexity index is 588. The molecule has 1 atom stereocenters. The summed E-state index contributed by atoms with van der Waals surface area (Å²) >= 11 is 5.97. The van der Waals surface area contributed by atoms with Crippen LogP contribution in [0.2, 0.25) is 0 Å². The van der Waals surface area contributed by atoms with E-state index in [4.69, 9.17) is 9.47 Å². The molecule has 0 aromatic heterocycles. The summed E-state index contributed by atoms with van der Waals surface area (Å²) < 4.78 is 13.0. The van der Waals surface area contributed by atoms with Crippen LogP contribution < -0.4 is 9.47 Å². The van der Waals surface area contributed by atoms with Crippen molar-refractivity contribution in [2.45, 2.75) is 11.7 Å². The van der Waals surface area contributed by atoms with Gasteiger partial charge in [-0.15, -0.1) is 23.5 Å². The Labute approximate surface area is 140 Å². The van der Waals surface area contributed by atoms with Crippen molar-refractivity contribution in [3.8, 4) is 11.5 Å². The molecule has 20 heavy (non-hydrogen) atoms. The lowest BCUT2D eigenvalue weighted by Gasteiger charge is -2.16. The lowest BCUT2D eigenvalue weighted by molar-refractivity contribution is 0.104. The number of hydrogen-bond acceptors (Lipinski definition) is 5. The maximum absolute atomic E-state index is 12.3. The minimum atomic E-state index is 0.0241. The van der Waals surface area contributed by atoms with Gasteiger partial charge in [-0.2, -0.15) is 0 Å². The molecule has 0 unspecified atom stereocenters. The van der Waals surface area contributed by atoms with Gasteiger partial charge in [0.05, 0.1) is 0 Å². The van der Waals surface area contributed by atoms with Crippen molar-refractivity contribution in [3.05, 3.63) is 34.1 Å². The summed E-state index contributed by atoms with van der Waals surface area (Å²) in [6.07, 6.45) is 1.74. The first-order valence-electron chi connectivity index (χ1n) is 6.13. The molecule has 1 aromatic rings. The van der Waals surface area contributed by atoms with E-state index in [9.17, 15) is 4.79 Å². The van der Waals surface area contributed by atoms with Crippen LogP contribution in [-0.2, 0) is 0 Å². The van der Waals surface area contributed by atoms with Gasteiger partial charge in [0.15, 0.2) is 17.3 Å². The first-order valence-corrected chi connectivity index (χ1v) is 9.46. The second-order valence-corrected chi connectivity index (χ2v) is 8.54. The molecule has 0 amide bonds. The quantitative estimate of drug-likeness (QED) is 0.318. The van der Waals surface area contributed by atoms with Gasteiger partial charge in [0, 0.05) is 30.8 Å². The second kappa shape index (κ2) is 5.81. The molecule has 2 aliphatic heterocycles. The van der Waals surface area contributed by atoms with Crippen molar-refractivity contribution in [2.75, 3.05) is 17.0 Å². The molecule has 1 fully saturated rings. The lowest BCUT2D eigenvalue weighted by Crippen LogP contribution is -2.20. The molecule has 3 rings (SSSR count). The third kappa shape index (κ3) is 2.96. The average Bonchev–Trinajstić information content (AvgIpc) is 3.05. The first-order chi connectivity index (χ1) is 9.59. The number of carbonyl (C=O) groups is 1. The third-order valence-corrected chi connectivity index (χ3v) is 8.33. The number of hydrogen-bond donors (Lipinski definition) is 0. The van der Waals surface area contributed by atoms with E-state index in [1.54, 1.807) is 47.8 Å².